The van der Waals surface area contributed by atoms with Crippen molar-refractivity contribution < 1.29 is 9.59 Å². The van der Waals surface area contributed by atoms with Gasteiger partial charge in [-0.3, -0.25) is 9.59 Å². The molecule has 0 radical (unpaired) electrons. The molecule has 1 aliphatic rings. The smallest absolute Gasteiger partial charge is 0.274 e. The van der Waals surface area contributed by atoms with E-state index in [1.165, 1.54) is 0 Å². The first kappa shape index (κ1) is 19.9. The normalized spacial score (nSPS) is 13.2. The van der Waals surface area contributed by atoms with Crippen LogP contribution in [0.25, 0.3) is 11.3 Å². The molecule has 8 heteroatoms. The van der Waals surface area contributed by atoms with Crippen molar-refractivity contribution in [3.8, 4) is 11.3 Å². The maximum absolute atomic E-state index is 12.9. The number of imidazole rings is 2. The lowest BCUT2D eigenvalue weighted by Crippen LogP contribution is -2.43. The lowest BCUT2D eigenvalue weighted by Gasteiger charge is -2.30. The van der Waals surface area contributed by atoms with Gasteiger partial charge in [0.1, 0.15) is 17.3 Å². The molecule has 0 atom stereocenters. The highest BCUT2D eigenvalue weighted by molar-refractivity contribution is 6.05. The zero-order chi connectivity index (χ0) is 21.3. The number of hydrogen-bond donors (Lipinski definition) is 1. The Bertz CT molecular complexity index is 1080. The van der Waals surface area contributed by atoms with Gasteiger partial charge >= 0.3 is 0 Å². The topological polar surface area (TPSA) is 85.1 Å². The molecule has 0 spiro atoms. The first-order chi connectivity index (χ1) is 14.5. The van der Waals surface area contributed by atoms with Gasteiger partial charge in [0.15, 0.2) is 5.69 Å². The number of hydrogen-bond acceptors (Lipinski definition) is 4. The Morgan fingerprint density at radius 1 is 1.10 bits per heavy atom. The molecule has 8 nitrogen and oxygen atoms in total. The Hall–Kier alpha value is -3.42. The van der Waals surface area contributed by atoms with E-state index in [9.17, 15) is 9.59 Å². The van der Waals surface area contributed by atoms with E-state index in [0.717, 1.165) is 36.6 Å². The van der Waals surface area contributed by atoms with Crippen molar-refractivity contribution in [2.45, 2.75) is 19.8 Å². The second-order valence-corrected chi connectivity index (χ2v) is 7.59. The van der Waals surface area contributed by atoms with Gasteiger partial charge in [-0.1, -0.05) is 30.3 Å². The van der Waals surface area contributed by atoms with Crippen LogP contribution in [0.2, 0.25) is 0 Å². The predicted molar refractivity (Wildman–Crippen MR) is 113 cm³/mol. The predicted octanol–water partition coefficient (Wildman–Crippen LogP) is 1.95. The minimum absolute atomic E-state index is 0.174. The fraction of sp³-hybridized carbons (Fsp3) is 0.364. The Morgan fingerprint density at radius 3 is 2.50 bits per heavy atom. The summed E-state index contributed by atoms with van der Waals surface area (Å²) in [6.45, 7) is 3.65. The minimum Gasteiger partial charge on any atom is -0.350 e. The zero-order valence-electron chi connectivity index (χ0n) is 17.6. The molecule has 0 unspecified atom stereocenters. The maximum Gasteiger partial charge on any atom is 0.274 e. The van der Waals surface area contributed by atoms with Gasteiger partial charge in [0.25, 0.3) is 11.8 Å². The lowest BCUT2D eigenvalue weighted by molar-refractivity contribution is 0.0641. The van der Waals surface area contributed by atoms with E-state index in [0.29, 0.717) is 24.5 Å². The quantitative estimate of drug-likeness (QED) is 0.678. The SMILES string of the molecule is Cc1nc(C(=O)N2CCC2)c(C(=O)NCCc2nc(-c3ccccc3)cn2C)n1C. The third-order valence-electron chi connectivity index (χ3n) is 5.56. The first-order valence-electron chi connectivity index (χ1n) is 10.1. The molecule has 0 bridgehead atoms. The molecule has 3 aromatic rings. The van der Waals surface area contributed by atoms with Crippen molar-refractivity contribution in [3.63, 3.8) is 0 Å². The van der Waals surface area contributed by atoms with Crippen LogP contribution in [0.1, 0.15) is 39.0 Å². The summed E-state index contributed by atoms with van der Waals surface area (Å²) in [5, 5.41) is 2.92. The first-order valence-corrected chi connectivity index (χ1v) is 10.1. The fourth-order valence-electron chi connectivity index (χ4n) is 3.54. The summed E-state index contributed by atoms with van der Waals surface area (Å²) in [5.41, 5.74) is 2.51. The zero-order valence-corrected chi connectivity index (χ0v) is 17.6. The van der Waals surface area contributed by atoms with Crippen LogP contribution in [-0.4, -0.2) is 55.5 Å². The van der Waals surface area contributed by atoms with Crippen LogP contribution in [-0.2, 0) is 20.5 Å². The van der Waals surface area contributed by atoms with Crippen LogP contribution in [0.4, 0.5) is 0 Å². The number of nitrogens with zero attached hydrogens (tertiary/aromatic N) is 5. The number of nitrogens with one attached hydrogen (secondary N) is 1. The Labute approximate surface area is 175 Å². The molecule has 1 saturated heterocycles. The van der Waals surface area contributed by atoms with Gasteiger partial charge in [-0.15, -0.1) is 0 Å². The summed E-state index contributed by atoms with van der Waals surface area (Å²) in [6.07, 6.45) is 3.57. The van der Waals surface area contributed by atoms with Crippen LogP contribution in [0.5, 0.6) is 0 Å². The van der Waals surface area contributed by atoms with E-state index < -0.39 is 0 Å². The number of aromatic nitrogens is 4. The summed E-state index contributed by atoms with van der Waals surface area (Å²) >= 11 is 0. The van der Waals surface area contributed by atoms with Crippen molar-refractivity contribution in [1.29, 1.82) is 0 Å². The van der Waals surface area contributed by atoms with Crippen LogP contribution >= 0.6 is 0 Å². The van der Waals surface area contributed by atoms with Crippen LogP contribution < -0.4 is 5.32 Å². The maximum atomic E-state index is 12.9. The molecular weight excluding hydrogens is 380 g/mol. The highest BCUT2D eigenvalue weighted by Gasteiger charge is 2.30. The van der Waals surface area contributed by atoms with Crippen molar-refractivity contribution in [2.75, 3.05) is 19.6 Å². The van der Waals surface area contributed by atoms with Crippen LogP contribution in [0.15, 0.2) is 36.5 Å². The lowest BCUT2D eigenvalue weighted by atomic mass is 10.2. The van der Waals surface area contributed by atoms with Gasteiger partial charge in [0.05, 0.1) is 5.69 Å². The Kier molecular flexibility index (Phi) is 5.39. The molecule has 30 heavy (non-hydrogen) atoms. The van der Waals surface area contributed by atoms with Gasteiger partial charge in [-0.05, 0) is 13.3 Å². The summed E-state index contributed by atoms with van der Waals surface area (Å²) in [5.74, 6) is 1.05. The third kappa shape index (κ3) is 3.72. The molecule has 1 aromatic carbocycles. The standard InChI is InChI=1S/C22H26N6O2/c1-15-24-19(22(30)28-12-7-13-28)20(27(15)3)21(29)23-11-10-18-25-17(14-26(18)2)16-8-5-4-6-9-16/h4-6,8-9,14H,7,10-13H2,1-3H3,(H,23,29). The van der Waals surface area contributed by atoms with Crippen molar-refractivity contribution in [2.24, 2.45) is 14.1 Å². The molecular formula is C22H26N6O2. The van der Waals surface area contributed by atoms with E-state index in [4.69, 9.17) is 4.98 Å². The molecule has 0 aliphatic carbocycles. The van der Waals surface area contributed by atoms with Crippen molar-refractivity contribution in [1.82, 2.24) is 29.3 Å². The van der Waals surface area contributed by atoms with Crippen LogP contribution in [0, 0.1) is 6.92 Å². The van der Waals surface area contributed by atoms with E-state index in [-0.39, 0.29) is 17.5 Å². The molecule has 4 rings (SSSR count). The number of amides is 2. The number of aryl methyl sites for hydroxylation is 2. The summed E-state index contributed by atoms with van der Waals surface area (Å²) < 4.78 is 3.65. The van der Waals surface area contributed by atoms with Crippen molar-refractivity contribution in [3.05, 3.63) is 59.6 Å². The van der Waals surface area contributed by atoms with Gasteiger partial charge in [0, 0.05) is 51.9 Å². The molecule has 2 aromatic heterocycles. The van der Waals surface area contributed by atoms with E-state index >= 15 is 0 Å². The van der Waals surface area contributed by atoms with Gasteiger partial charge in [-0.25, -0.2) is 9.97 Å². The molecule has 1 aliphatic heterocycles. The molecule has 156 valence electrons. The highest BCUT2D eigenvalue weighted by atomic mass is 16.2. The minimum atomic E-state index is -0.292. The number of benzene rings is 1. The monoisotopic (exact) mass is 406 g/mol. The number of carbonyl (C=O) groups is 2. The number of likely N-dealkylation sites (tertiary alicyclic amines) is 1. The third-order valence-corrected chi connectivity index (χ3v) is 5.56. The van der Waals surface area contributed by atoms with E-state index in [2.05, 4.69) is 10.3 Å². The Morgan fingerprint density at radius 2 is 1.83 bits per heavy atom. The van der Waals surface area contributed by atoms with Gasteiger partial charge < -0.3 is 19.4 Å². The average molecular weight is 406 g/mol. The molecule has 2 amide bonds. The highest BCUT2D eigenvalue weighted by Crippen LogP contribution is 2.19. The largest absolute Gasteiger partial charge is 0.350 e. The second kappa shape index (κ2) is 8.14. The van der Waals surface area contributed by atoms with Gasteiger partial charge in [0.2, 0.25) is 0 Å². The summed E-state index contributed by atoms with van der Waals surface area (Å²) in [4.78, 5) is 36.3. The average Bonchev–Trinajstić information content (AvgIpc) is 3.21. The number of carbonyl (C=O) groups excluding carboxylic acids is 2. The summed E-state index contributed by atoms with van der Waals surface area (Å²) in [6, 6.07) is 9.99. The van der Waals surface area contributed by atoms with Crippen molar-refractivity contribution >= 4 is 11.8 Å². The van der Waals surface area contributed by atoms with Crippen LogP contribution in [0.3, 0.4) is 0 Å². The number of rotatable bonds is 6. The molecule has 1 N–H and O–H groups in total. The molecule has 0 saturated carbocycles. The summed E-state index contributed by atoms with van der Waals surface area (Å²) in [7, 11) is 3.71. The Balaban J connectivity index is 1.44. The van der Waals surface area contributed by atoms with E-state index in [1.807, 2.05) is 48.1 Å². The molecule has 1 fully saturated rings. The van der Waals surface area contributed by atoms with Gasteiger partial charge in [-0.2, -0.15) is 0 Å². The second-order valence-electron chi connectivity index (χ2n) is 7.59. The van der Waals surface area contributed by atoms with E-state index in [1.54, 1.807) is 23.4 Å². The molecule has 3 heterocycles. The fourth-order valence-corrected chi connectivity index (χ4v) is 3.54.